The molecule has 1 fully saturated rings. The minimum Gasteiger partial charge on any atom is -0.469 e. The number of carbonyl (C=O) groups is 1. The molecule has 1 aliphatic rings. The molecule has 14 heavy (non-hydrogen) atoms. The van der Waals surface area contributed by atoms with E-state index in [0.29, 0.717) is 13.0 Å². The summed E-state index contributed by atoms with van der Waals surface area (Å²) in [7, 11) is 1.39. The van der Waals surface area contributed by atoms with E-state index in [0.717, 1.165) is 25.7 Å². The fourth-order valence-electron chi connectivity index (χ4n) is 1.97. The van der Waals surface area contributed by atoms with E-state index in [2.05, 4.69) is 10.1 Å². The van der Waals surface area contributed by atoms with Gasteiger partial charge in [0.15, 0.2) is 0 Å². The third-order valence-electron chi connectivity index (χ3n) is 2.92. The van der Waals surface area contributed by atoms with Crippen LogP contribution in [0.1, 0.15) is 32.1 Å². The second-order valence-electron chi connectivity index (χ2n) is 3.90. The van der Waals surface area contributed by atoms with E-state index in [-0.39, 0.29) is 18.1 Å². The summed E-state index contributed by atoms with van der Waals surface area (Å²) in [6, 6.07) is 0. The number of rotatable bonds is 5. The van der Waals surface area contributed by atoms with E-state index >= 15 is 0 Å². The van der Waals surface area contributed by atoms with Gasteiger partial charge in [-0.15, -0.1) is 0 Å². The average molecular weight is 201 g/mol. The van der Waals surface area contributed by atoms with Gasteiger partial charge in [0.25, 0.3) is 0 Å². The molecule has 0 unspecified atom stereocenters. The molecule has 0 saturated heterocycles. The number of nitrogens with one attached hydrogen (secondary N) is 1. The van der Waals surface area contributed by atoms with Crippen LogP contribution in [-0.4, -0.2) is 36.9 Å². The first-order chi connectivity index (χ1) is 6.72. The molecule has 0 radical (unpaired) electrons. The summed E-state index contributed by atoms with van der Waals surface area (Å²) in [6.07, 6.45) is 4.70. The van der Waals surface area contributed by atoms with Gasteiger partial charge < -0.3 is 15.2 Å². The van der Waals surface area contributed by atoms with Crippen LogP contribution in [0, 0.1) is 0 Å². The number of hydrogen-bond acceptors (Lipinski definition) is 4. The van der Waals surface area contributed by atoms with E-state index in [1.165, 1.54) is 7.11 Å². The number of methoxy groups -OCH3 is 1. The zero-order chi connectivity index (χ0) is 10.4. The maximum Gasteiger partial charge on any atom is 0.306 e. The molecule has 0 spiro atoms. The lowest BCUT2D eigenvalue weighted by Crippen LogP contribution is -2.46. The van der Waals surface area contributed by atoms with E-state index < -0.39 is 0 Å². The van der Waals surface area contributed by atoms with Gasteiger partial charge in [-0.3, -0.25) is 4.79 Å². The zero-order valence-electron chi connectivity index (χ0n) is 8.71. The Morgan fingerprint density at radius 1 is 1.50 bits per heavy atom. The largest absolute Gasteiger partial charge is 0.469 e. The molecule has 0 bridgehead atoms. The third-order valence-corrected chi connectivity index (χ3v) is 2.92. The number of ether oxygens (including phenoxy) is 1. The molecule has 4 nitrogen and oxygen atoms in total. The summed E-state index contributed by atoms with van der Waals surface area (Å²) >= 11 is 0. The second-order valence-corrected chi connectivity index (χ2v) is 3.90. The van der Waals surface area contributed by atoms with Crippen molar-refractivity contribution in [2.45, 2.75) is 37.6 Å². The fourth-order valence-corrected chi connectivity index (χ4v) is 1.97. The standard InChI is InChI=1S/C10H19NO3/c1-14-9(13)4-7-11-10(8-12)5-2-3-6-10/h11-12H,2-8H2,1H3. The van der Waals surface area contributed by atoms with Crippen LogP contribution >= 0.6 is 0 Å². The van der Waals surface area contributed by atoms with Crippen molar-refractivity contribution in [1.29, 1.82) is 0 Å². The smallest absolute Gasteiger partial charge is 0.306 e. The predicted molar refractivity (Wildman–Crippen MR) is 52.9 cm³/mol. The van der Waals surface area contributed by atoms with Crippen molar-refractivity contribution in [3.05, 3.63) is 0 Å². The molecule has 0 aromatic heterocycles. The molecule has 82 valence electrons. The average Bonchev–Trinajstić information content (AvgIpc) is 2.67. The summed E-state index contributed by atoms with van der Waals surface area (Å²) < 4.78 is 4.54. The molecular formula is C10H19NO3. The van der Waals surface area contributed by atoms with Gasteiger partial charge in [-0.2, -0.15) is 0 Å². The highest BCUT2D eigenvalue weighted by atomic mass is 16.5. The molecule has 0 aromatic carbocycles. The Hall–Kier alpha value is -0.610. The lowest BCUT2D eigenvalue weighted by molar-refractivity contribution is -0.140. The highest BCUT2D eigenvalue weighted by molar-refractivity contribution is 5.69. The SMILES string of the molecule is COC(=O)CCNC1(CO)CCCC1. The van der Waals surface area contributed by atoms with Gasteiger partial charge in [0.1, 0.15) is 0 Å². The van der Waals surface area contributed by atoms with Gasteiger partial charge >= 0.3 is 5.97 Å². The first-order valence-electron chi connectivity index (χ1n) is 5.15. The van der Waals surface area contributed by atoms with Crippen molar-refractivity contribution in [3.8, 4) is 0 Å². The van der Waals surface area contributed by atoms with Crippen LogP contribution in [0.25, 0.3) is 0 Å². The van der Waals surface area contributed by atoms with E-state index in [1.807, 2.05) is 0 Å². The summed E-state index contributed by atoms with van der Waals surface area (Å²) in [5.74, 6) is -0.205. The van der Waals surface area contributed by atoms with Crippen LogP contribution in [0.15, 0.2) is 0 Å². The molecule has 0 atom stereocenters. The monoisotopic (exact) mass is 201 g/mol. The molecule has 0 aliphatic heterocycles. The third kappa shape index (κ3) is 2.96. The summed E-state index contributed by atoms with van der Waals surface area (Å²) in [5.41, 5.74) is -0.131. The van der Waals surface area contributed by atoms with Gasteiger partial charge in [0, 0.05) is 12.1 Å². The van der Waals surface area contributed by atoms with Crippen LogP contribution in [0.5, 0.6) is 0 Å². The van der Waals surface area contributed by atoms with Crippen molar-refractivity contribution in [3.63, 3.8) is 0 Å². The summed E-state index contributed by atoms with van der Waals surface area (Å²) in [4.78, 5) is 10.9. The van der Waals surface area contributed by atoms with Gasteiger partial charge in [-0.25, -0.2) is 0 Å². The zero-order valence-corrected chi connectivity index (χ0v) is 8.71. The Morgan fingerprint density at radius 3 is 2.64 bits per heavy atom. The number of carbonyl (C=O) groups excluding carboxylic acids is 1. The molecule has 4 heteroatoms. The highest BCUT2D eigenvalue weighted by Crippen LogP contribution is 2.28. The maximum absolute atomic E-state index is 10.9. The maximum atomic E-state index is 10.9. The normalized spacial score (nSPS) is 19.6. The lowest BCUT2D eigenvalue weighted by atomic mass is 9.99. The lowest BCUT2D eigenvalue weighted by Gasteiger charge is -2.27. The van der Waals surface area contributed by atoms with E-state index in [1.54, 1.807) is 0 Å². The van der Waals surface area contributed by atoms with E-state index in [4.69, 9.17) is 0 Å². The first-order valence-corrected chi connectivity index (χ1v) is 5.15. The Bertz CT molecular complexity index is 188. The molecule has 0 heterocycles. The quantitative estimate of drug-likeness (QED) is 0.634. The minimum absolute atomic E-state index is 0.131. The number of hydrogen-bond donors (Lipinski definition) is 2. The van der Waals surface area contributed by atoms with Gasteiger partial charge in [0.05, 0.1) is 20.1 Å². The van der Waals surface area contributed by atoms with Gasteiger partial charge in [-0.05, 0) is 12.8 Å². The Labute approximate surface area is 84.6 Å². The predicted octanol–water partition coefficient (Wildman–Crippen LogP) is 0.444. The van der Waals surface area contributed by atoms with Gasteiger partial charge in [0.2, 0.25) is 0 Å². The molecule has 0 aromatic rings. The number of aliphatic hydroxyl groups excluding tert-OH is 1. The summed E-state index contributed by atoms with van der Waals surface area (Å²) in [6.45, 7) is 0.751. The van der Waals surface area contributed by atoms with Crippen LogP contribution in [-0.2, 0) is 9.53 Å². The van der Waals surface area contributed by atoms with Crippen molar-refractivity contribution in [1.82, 2.24) is 5.32 Å². The van der Waals surface area contributed by atoms with Crippen molar-refractivity contribution >= 4 is 5.97 Å². The highest BCUT2D eigenvalue weighted by Gasteiger charge is 2.32. The van der Waals surface area contributed by atoms with Crippen molar-refractivity contribution < 1.29 is 14.6 Å². The van der Waals surface area contributed by atoms with Crippen LogP contribution < -0.4 is 5.32 Å². The molecule has 0 amide bonds. The molecule has 2 N–H and O–H groups in total. The first kappa shape index (κ1) is 11.5. The van der Waals surface area contributed by atoms with Gasteiger partial charge in [-0.1, -0.05) is 12.8 Å². The molecule has 1 saturated carbocycles. The van der Waals surface area contributed by atoms with Crippen molar-refractivity contribution in [2.75, 3.05) is 20.3 Å². The minimum atomic E-state index is -0.205. The molecular weight excluding hydrogens is 182 g/mol. The topological polar surface area (TPSA) is 58.6 Å². The van der Waals surface area contributed by atoms with E-state index in [9.17, 15) is 9.90 Å². The molecule has 1 rings (SSSR count). The Morgan fingerprint density at radius 2 is 2.14 bits per heavy atom. The number of esters is 1. The van der Waals surface area contributed by atoms with Crippen LogP contribution in [0.2, 0.25) is 0 Å². The Kier molecular flexibility index (Phi) is 4.35. The summed E-state index contributed by atoms with van der Waals surface area (Å²) in [5, 5.41) is 12.5. The van der Waals surface area contributed by atoms with Crippen molar-refractivity contribution in [2.24, 2.45) is 0 Å². The fraction of sp³-hybridized carbons (Fsp3) is 0.900. The second kappa shape index (κ2) is 5.32. The Balaban J connectivity index is 2.24. The molecule has 1 aliphatic carbocycles. The number of aliphatic hydroxyl groups is 1. The van der Waals surface area contributed by atoms with Crippen LogP contribution in [0.4, 0.5) is 0 Å². The van der Waals surface area contributed by atoms with Crippen LogP contribution in [0.3, 0.4) is 0 Å².